The highest BCUT2D eigenvalue weighted by Crippen LogP contribution is 2.46. The molecule has 0 spiro atoms. The summed E-state index contributed by atoms with van der Waals surface area (Å²) in [5.41, 5.74) is 4.89. The largest absolute Gasteiger partial charge is 0.462 e. The normalized spacial score (nSPS) is 24.8. The second-order valence-corrected chi connectivity index (χ2v) is 15.8. The SMILES string of the molecule is CO[C@@]1(c2cccc(OC3OC(COCc4ccccc4)[C@@H](OCc4ccccc4)[C@@H](OCc4ccccc4)C3OCc3ccccc3)c2)CCCC[C@H]1CN(C)C. The van der Waals surface area contributed by atoms with Crippen molar-refractivity contribution in [2.24, 2.45) is 5.92 Å². The lowest BCUT2D eigenvalue weighted by Gasteiger charge is -2.46. The molecule has 8 nitrogen and oxygen atoms in total. The van der Waals surface area contributed by atoms with Gasteiger partial charge in [0.05, 0.1) is 38.6 Å². The van der Waals surface area contributed by atoms with Crippen LogP contribution in [0.4, 0.5) is 0 Å². The van der Waals surface area contributed by atoms with Crippen molar-refractivity contribution in [2.45, 2.75) is 88.4 Å². The van der Waals surface area contributed by atoms with Crippen LogP contribution in [0, 0.1) is 5.92 Å². The summed E-state index contributed by atoms with van der Waals surface area (Å²) in [7, 11) is 6.12. The summed E-state index contributed by atoms with van der Waals surface area (Å²) in [5, 5.41) is 0. The summed E-state index contributed by atoms with van der Waals surface area (Å²) in [6.45, 7) is 2.67. The van der Waals surface area contributed by atoms with Gasteiger partial charge in [0.2, 0.25) is 6.29 Å². The number of rotatable bonds is 19. The zero-order chi connectivity index (χ0) is 40.0. The van der Waals surface area contributed by atoms with E-state index in [4.69, 9.17) is 33.2 Å². The molecular formula is C50H59NO7. The molecule has 0 radical (unpaired) electrons. The van der Waals surface area contributed by atoms with E-state index < -0.39 is 36.3 Å². The highest BCUT2D eigenvalue weighted by Gasteiger charge is 2.50. The summed E-state index contributed by atoms with van der Waals surface area (Å²) < 4.78 is 47.6. The number of methoxy groups -OCH3 is 1. The number of hydrogen-bond donors (Lipinski definition) is 0. The van der Waals surface area contributed by atoms with E-state index in [1.54, 1.807) is 0 Å². The molecule has 1 saturated heterocycles. The van der Waals surface area contributed by atoms with Crippen LogP contribution in [-0.4, -0.2) is 70.0 Å². The van der Waals surface area contributed by atoms with Gasteiger partial charge in [0.1, 0.15) is 30.2 Å². The summed E-state index contributed by atoms with van der Waals surface area (Å²) in [4.78, 5) is 2.26. The van der Waals surface area contributed by atoms with Crippen LogP contribution in [0.1, 0.15) is 53.5 Å². The lowest BCUT2D eigenvalue weighted by atomic mass is 9.71. The zero-order valence-corrected chi connectivity index (χ0v) is 34.2. The Kier molecular flexibility index (Phi) is 15.2. The van der Waals surface area contributed by atoms with Gasteiger partial charge in [0, 0.05) is 19.6 Å². The van der Waals surface area contributed by atoms with Crippen LogP contribution in [0.2, 0.25) is 0 Å². The van der Waals surface area contributed by atoms with Crippen LogP contribution < -0.4 is 4.74 Å². The smallest absolute Gasteiger partial charge is 0.229 e. The third-order valence-corrected chi connectivity index (χ3v) is 11.4. The number of benzene rings is 5. The molecule has 0 amide bonds. The van der Waals surface area contributed by atoms with E-state index in [1.165, 1.54) is 6.42 Å². The summed E-state index contributed by atoms with van der Waals surface area (Å²) in [6, 6.07) is 49.1. The van der Waals surface area contributed by atoms with Crippen LogP contribution in [0.3, 0.4) is 0 Å². The second kappa shape index (κ2) is 21.0. The molecule has 306 valence electrons. The first-order chi connectivity index (χ1) is 28.5. The van der Waals surface area contributed by atoms with Gasteiger partial charge in [-0.25, -0.2) is 0 Å². The van der Waals surface area contributed by atoms with E-state index in [-0.39, 0.29) is 6.61 Å². The molecule has 8 heteroatoms. The topological polar surface area (TPSA) is 67.9 Å². The van der Waals surface area contributed by atoms with Gasteiger partial charge >= 0.3 is 0 Å². The van der Waals surface area contributed by atoms with Crippen molar-refractivity contribution in [3.63, 3.8) is 0 Å². The van der Waals surface area contributed by atoms with Gasteiger partial charge in [-0.15, -0.1) is 0 Å². The molecule has 5 aromatic rings. The fourth-order valence-corrected chi connectivity index (χ4v) is 8.47. The zero-order valence-electron chi connectivity index (χ0n) is 34.2. The summed E-state index contributed by atoms with van der Waals surface area (Å²) in [6.07, 6.45) is 1.13. The average molecular weight is 786 g/mol. The molecule has 0 bridgehead atoms. The van der Waals surface area contributed by atoms with Crippen molar-refractivity contribution in [1.29, 1.82) is 0 Å². The third kappa shape index (κ3) is 11.0. The van der Waals surface area contributed by atoms with E-state index >= 15 is 0 Å². The summed E-state index contributed by atoms with van der Waals surface area (Å²) >= 11 is 0. The molecule has 2 fully saturated rings. The molecule has 5 aromatic carbocycles. The van der Waals surface area contributed by atoms with Crippen molar-refractivity contribution in [1.82, 2.24) is 4.90 Å². The van der Waals surface area contributed by atoms with Gasteiger partial charge in [-0.2, -0.15) is 0 Å². The van der Waals surface area contributed by atoms with E-state index in [0.717, 1.165) is 53.6 Å². The molecular weight excluding hydrogens is 727 g/mol. The summed E-state index contributed by atoms with van der Waals surface area (Å²) in [5.74, 6) is 1.02. The molecule has 1 aliphatic heterocycles. The number of ether oxygens (including phenoxy) is 7. The third-order valence-electron chi connectivity index (χ3n) is 11.4. The Morgan fingerprint density at radius 3 is 1.69 bits per heavy atom. The first-order valence-electron chi connectivity index (χ1n) is 20.7. The molecule has 7 atom stereocenters. The van der Waals surface area contributed by atoms with Crippen molar-refractivity contribution < 1.29 is 33.2 Å². The van der Waals surface area contributed by atoms with Gasteiger partial charge < -0.3 is 38.1 Å². The molecule has 1 saturated carbocycles. The lowest BCUT2D eigenvalue weighted by Crippen LogP contribution is -2.62. The van der Waals surface area contributed by atoms with E-state index in [1.807, 2.05) is 86.0 Å². The van der Waals surface area contributed by atoms with E-state index in [0.29, 0.717) is 38.1 Å². The Bertz CT molecular complexity index is 1910. The van der Waals surface area contributed by atoms with Crippen molar-refractivity contribution >= 4 is 0 Å². The van der Waals surface area contributed by atoms with Gasteiger partial charge in [-0.3, -0.25) is 0 Å². The lowest BCUT2D eigenvalue weighted by molar-refractivity contribution is -0.310. The first-order valence-corrected chi connectivity index (χ1v) is 20.7. The minimum Gasteiger partial charge on any atom is -0.462 e. The Hall–Kier alpha value is -4.38. The minimum absolute atomic E-state index is 0.254. The predicted molar refractivity (Wildman–Crippen MR) is 226 cm³/mol. The van der Waals surface area contributed by atoms with Crippen LogP contribution >= 0.6 is 0 Å². The van der Waals surface area contributed by atoms with Crippen LogP contribution in [0.5, 0.6) is 5.75 Å². The van der Waals surface area contributed by atoms with Crippen molar-refractivity contribution in [3.05, 3.63) is 173 Å². The quantitative estimate of drug-likeness (QED) is 0.0821. The molecule has 1 aliphatic carbocycles. The molecule has 3 unspecified atom stereocenters. The monoisotopic (exact) mass is 785 g/mol. The Labute approximate surface area is 345 Å². The van der Waals surface area contributed by atoms with Crippen LogP contribution in [-0.2, 0) is 60.4 Å². The maximum atomic E-state index is 7.01. The highest BCUT2D eigenvalue weighted by atomic mass is 16.7. The Balaban J connectivity index is 1.24. The predicted octanol–water partition coefficient (Wildman–Crippen LogP) is 9.36. The van der Waals surface area contributed by atoms with Gasteiger partial charge in [0.25, 0.3) is 0 Å². The van der Waals surface area contributed by atoms with E-state index in [9.17, 15) is 0 Å². The minimum atomic E-state index is -0.857. The maximum Gasteiger partial charge on any atom is 0.229 e. The van der Waals surface area contributed by atoms with Gasteiger partial charge in [0.15, 0.2) is 0 Å². The number of nitrogens with zero attached hydrogens (tertiary/aromatic N) is 1. The maximum absolute atomic E-state index is 7.01. The first kappa shape index (κ1) is 41.8. The molecule has 0 N–H and O–H groups in total. The molecule has 7 rings (SSSR count). The fourth-order valence-electron chi connectivity index (χ4n) is 8.47. The molecule has 0 aromatic heterocycles. The Morgan fingerprint density at radius 2 is 1.14 bits per heavy atom. The average Bonchev–Trinajstić information content (AvgIpc) is 3.26. The molecule has 1 heterocycles. The standard InChI is InChI=1S/C50H59NO7/c1-51(2)32-43-27-16-17-30-50(43,52-3)42-28-18-29-44(31-42)57-49-48(56-36-41-25-14-7-15-26-41)47(55-35-40-23-12-6-13-24-40)46(54-34-39-21-10-5-11-22-39)45(58-49)37-53-33-38-19-8-4-9-20-38/h4-15,18-26,28-29,31,43,45-49H,16-17,27,30,32-37H2,1-3H3/t43-,45?,46+,47+,48?,49?,50+/m0/s1. The van der Waals surface area contributed by atoms with Crippen molar-refractivity contribution in [3.8, 4) is 5.75 Å². The highest BCUT2D eigenvalue weighted by molar-refractivity contribution is 5.34. The second-order valence-electron chi connectivity index (χ2n) is 15.8. The fraction of sp³-hybridized carbons (Fsp3) is 0.400. The van der Waals surface area contributed by atoms with Crippen LogP contribution in [0.25, 0.3) is 0 Å². The van der Waals surface area contributed by atoms with Gasteiger partial charge in [-0.05, 0) is 66.9 Å². The van der Waals surface area contributed by atoms with Gasteiger partial charge in [-0.1, -0.05) is 146 Å². The van der Waals surface area contributed by atoms with E-state index in [2.05, 4.69) is 85.7 Å². The molecule has 2 aliphatic rings. The van der Waals surface area contributed by atoms with Crippen LogP contribution in [0.15, 0.2) is 146 Å². The molecule has 58 heavy (non-hydrogen) atoms. The Morgan fingerprint density at radius 1 is 0.603 bits per heavy atom. The number of hydrogen-bond acceptors (Lipinski definition) is 8. The van der Waals surface area contributed by atoms with Crippen molar-refractivity contribution in [2.75, 3.05) is 34.4 Å².